The van der Waals surface area contributed by atoms with E-state index in [0.29, 0.717) is 0 Å². The number of hydrogen-bond acceptors (Lipinski definition) is 1. The molecule has 0 spiro atoms. The average molecular weight is 196 g/mol. The summed E-state index contributed by atoms with van der Waals surface area (Å²) in [5.74, 6) is 0. The first-order chi connectivity index (χ1) is 6.59. The van der Waals surface area contributed by atoms with Crippen molar-refractivity contribution in [3.05, 3.63) is 42.1 Å². The van der Waals surface area contributed by atoms with E-state index in [1.54, 1.807) is 0 Å². The SMILES string of the molecule is FC(F)(F)c1ccnc2[c]cccc12. The van der Waals surface area contributed by atoms with Crippen molar-refractivity contribution in [3.8, 4) is 0 Å². The van der Waals surface area contributed by atoms with E-state index in [2.05, 4.69) is 11.1 Å². The van der Waals surface area contributed by atoms with E-state index in [9.17, 15) is 13.2 Å². The first kappa shape index (κ1) is 8.99. The minimum atomic E-state index is -4.34. The van der Waals surface area contributed by atoms with Crippen LogP contribution in [0, 0.1) is 6.07 Å². The number of pyridine rings is 1. The molecule has 0 aliphatic carbocycles. The Morgan fingerprint density at radius 1 is 1.21 bits per heavy atom. The van der Waals surface area contributed by atoms with E-state index in [-0.39, 0.29) is 10.9 Å². The summed E-state index contributed by atoms with van der Waals surface area (Å²) in [6.45, 7) is 0. The fourth-order valence-corrected chi connectivity index (χ4v) is 1.28. The number of benzene rings is 1. The van der Waals surface area contributed by atoms with Crippen molar-refractivity contribution in [2.75, 3.05) is 0 Å². The Bertz CT molecular complexity index is 457. The van der Waals surface area contributed by atoms with Gasteiger partial charge in [0.25, 0.3) is 0 Å². The number of para-hydroxylation sites is 1. The predicted molar refractivity (Wildman–Crippen MR) is 45.6 cm³/mol. The maximum Gasteiger partial charge on any atom is 0.417 e. The van der Waals surface area contributed by atoms with Gasteiger partial charge in [0, 0.05) is 17.6 Å². The normalized spacial score (nSPS) is 11.9. The summed E-state index contributed by atoms with van der Waals surface area (Å²) < 4.78 is 37.4. The highest BCUT2D eigenvalue weighted by atomic mass is 19.4. The van der Waals surface area contributed by atoms with Gasteiger partial charge in [-0.2, -0.15) is 13.2 Å². The first-order valence-corrected chi connectivity index (χ1v) is 3.91. The lowest BCUT2D eigenvalue weighted by Crippen LogP contribution is -2.05. The van der Waals surface area contributed by atoms with Crippen molar-refractivity contribution in [1.82, 2.24) is 4.98 Å². The maximum atomic E-state index is 12.5. The van der Waals surface area contributed by atoms with Crippen LogP contribution in [0.4, 0.5) is 13.2 Å². The van der Waals surface area contributed by atoms with E-state index in [0.717, 1.165) is 12.3 Å². The zero-order valence-electron chi connectivity index (χ0n) is 6.97. The summed E-state index contributed by atoms with van der Waals surface area (Å²) in [6, 6.07) is 8.06. The molecule has 0 saturated heterocycles. The van der Waals surface area contributed by atoms with Gasteiger partial charge >= 0.3 is 6.18 Å². The third-order valence-corrected chi connectivity index (χ3v) is 1.87. The minimum absolute atomic E-state index is 0.0856. The molecule has 0 bridgehead atoms. The molecule has 0 fully saturated rings. The van der Waals surface area contributed by atoms with Crippen molar-refractivity contribution in [2.24, 2.45) is 0 Å². The standard InChI is InChI=1S/C10H5F3N/c11-10(12,13)8-5-6-14-9-4-2-1-3-7(8)9/h1-3,5-6H. The molecule has 0 aliphatic heterocycles. The molecule has 0 saturated carbocycles. The monoisotopic (exact) mass is 196 g/mol. The third-order valence-electron chi connectivity index (χ3n) is 1.87. The summed E-state index contributed by atoms with van der Waals surface area (Å²) >= 11 is 0. The largest absolute Gasteiger partial charge is 0.417 e. The topological polar surface area (TPSA) is 12.9 Å². The molecule has 14 heavy (non-hydrogen) atoms. The quantitative estimate of drug-likeness (QED) is 0.631. The molecule has 1 nitrogen and oxygen atoms in total. The highest BCUT2D eigenvalue weighted by molar-refractivity contribution is 5.81. The van der Waals surface area contributed by atoms with E-state index in [1.807, 2.05) is 0 Å². The molecular weight excluding hydrogens is 191 g/mol. The zero-order chi connectivity index (χ0) is 10.2. The van der Waals surface area contributed by atoms with E-state index in [1.165, 1.54) is 18.2 Å². The molecule has 0 unspecified atom stereocenters. The fraction of sp³-hybridized carbons (Fsp3) is 0.100. The molecule has 0 amide bonds. The summed E-state index contributed by atoms with van der Waals surface area (Å²) in [6.07, 6.45) is -3.20. The molecule has 0 N–H and O–H groups in total. The van der Waals surface area contributed by atoms with Gasteiger partial charge in [0.1, 0.15) is 0 Å². The summed E-state index contributed by atoms with van der Waals surface area (Å²) in [5.41, 5.74) is -0.429. The van der Waals surface area contributed by atoms with Gasteiger partial charge in [0.2, 0.25) is 0 Å². The Morgan fingerprint density at radius 2 is 2.00 bits per heavy atom. The van der Waals surface area contributed by atoms with E-state index < -0.39 is 11.7 Å². The molecule has 2 rings (SSSR count). The second-order valence-corrected chi connectivity index (χ2v) is 2.79. The highest BCUT2D eigenvalue weighted by Gasteiger charge is 2.32. The van der Waals surface area contributed by atoms with Crippen molar-refractivity contribution in [3.63, 3.8) is 0 Å². The van der Waals surface area contributed by atoms with Gasteiger partial charge in [0.05, 0.1) is 11.1 Å². The Labute approximate surface area is 78.2 Å². The molecule has 2 aromatic rings. The lowest BCUT2D eigenvalue weighted by atomic mass is 10.1. The van der Waals surface area contributed by atoms with Crippen LogP contribution in [-0.2, 0) is 6.18 Å². The van der Waals surface area contributed by atoms with Crippen molar-refractivity contribution in [1.29, 1.82) is 0 Å². The van der Waals surface area contributed by atoms with Crippen LogP contribution in [-0.4, -0.2) is 4.98 Å². The number of fused-ring (bicyclic) bond motifs is 1. The molecule has 1 aromatic heterocycles. The summed E-state index contributed by atoms with van der Waals surface area (Å²) in [4.78, 5) is 3.80. The van der Waals surface area contributed by atoms with Crippen LogP contribution >= 0.6 is 0 Å². The van der Waals surface area contributed by atoms with Crippen LogP contribution in [0.3, 0.4) is 0 Å². The molecule has 1 aromatic carbocycles. The van der Waals surface area contributed by atoms with Gasteiger partial charge in [0.15, 0.2) is 0 Å². The summed E-state index contributed by atoms with van der Waals surface area (Å²) in [7, 11) is 0. The lowest BCUT2D eigenvalue weighted by molar-refractivity contribution is -0.136. The number of hydrogen-bond donors (Lipinski definition) is 0. The second kappa shape index (κ2) is 2.97. The number of alkyl halides is 3. The Hall–Kier alpha value is -1.58. The van der Waals surface area contributed by atoms with Gasteiger partial charge in [-0.15, -0.1) is 0 Å². The van der Waals surface area contributed by atoms with Crippen LogP contribution in [0.25, 0.3) is 10.9 Å². The van der Waals surface area contributed by atoms with Gasteiger partial charge in [-0.25, -0.2) is 0 Å². The van der Waals surface area contributed by atoms with E-state index in [4.69, 9.17) is 0 Å². The maximum absolute atomic E-state index is 12.5. The van der Waals surface area contributed by atoms with Gasteiger partial charge < -0.3 is 0 Å². The van der Waals surface area contributed by atoms with Gasteiger partial charge in [-0.1, -0.05) is 18.2 Å². The Kier molecular flexibility index (Phi) is 1.91. The number of rotatable bonds is 0. The molecule has 0 atom stereocenters. The summed E-state index contributed by atoms with van der Waals surface area (Å²) in [5, 5.41) is 0.0856. The fourth-order valence-electron chi connectivity index (χ4n) is 1.28. The smallest absolute Gasteiger partial charge is 0.256 e. The number of nitrogens with zero attached hydrogens (tertiary/aromatic N) is 1. The molecule has 1 radical (unpaired) electrons. The molecule has 1 heterocycles. The van der Waals surface area contributed by atoms with Gasteiger partial charge in [-0.05, 0) is 6.07 Å². The van der Waals surface area contributed by atoms with E-state index >= 15 is 0 Å². The highest BCUT2D eigenvalue weighted by Crippen LogP contribution is 2.33. The molecule has 0 aliphatic rings. The van der Waals surface area contributed by atoms with Crippen molar-refractivity contribution < 1.29 is 13.2 Å². The zero-order valence-corrected chi connectivity index (χ0v) is 6.97. The van der Waals surface area contributed by atoms with Crippen molar-refractivity contribution >= 4 is 10.9 Å². The van der Waals surface area contributed by atoms with Crippen LogP contribution < -0.4 is 0 Å². The third kappa shape index (κ3) is 1.43. The van der Waals surface area contributed by atoms with Gasteiger partial charge in [-0.3, -0.25) is 4.98 Å². The van der Waals surface area contributed by atoms with Crippen LogP contribution in [0.15, 0.2) is 30.5 Å². The second-order valence-electron chi connectivity index (χ2n) is 2.79. The lowest BCUT2D eigenvalue weighted by Gasteiger charge is -2.08. The predicted octanol–water partition coefficient (Wildman–Crippen LogP) is 3.05. The van der Waals surface area contributed by atoms with Crippen LogP contribution in [0.2, 0.25) is 0 Å². The molecule has 4 heteroatoms. The van der Waals surface area contributed by atoms with Crippen molar-refractivity contribution in [2.45, 2.75) is 6.18 Å². The minimum Gasteiger partial charge on any atom is -0.256 e. The molecule has 71 valence electrons. The Balaban J connectivity index is 2.78. The number of halogens is 3. The Morgan fingerprint density at radius 3 is 2.71 bits per heavy atom. The first-order valence-electron chi connectivity index (χ1n) is 3.91. The average Bonchev–Trinajstić information content (AvgIpc) is 2.15. The molecular formula is C10H5F3N. The van der Waals surface area contributed by atoms with Crippen LogP contribution in [0.1, 0.15) is 5.56 Å². The van der Waals surface area contributed by atoms with Crippen LogP contribution in [0.5, 0.6) is 0 Å². The number of aromatic nitrogens is 1.